The van der Waals surface area contributed by atoms with Gasteiger partial charge in [-0.25, -0.2) is 4.99 Å². The summed E-state index contributed by atoms with van der Waals surface area (Å²) >= 11 is 0. The van der Waals surface area contributed by atoms with Crippen molar-refractivity contribution in [2.24, 2.45) is 12.0 Å². The van der Waals surface area contributed by atoms with Gasteiger partial charge < -0.3 is 19.9 Å². The molecule has 3 aromatic rings. The summed E-state index contributed by atoms with van der Waals surface area (Å²) in [6, 6.07) is 16.4. The first kappa shape index (κ1) is 24.6. The first-order valence-electron chi connectivity index (χ1n) is 10.1. The lowest BCUT2D eigenvalue weighted by Gasteiger charge is -2.20. The minimum atomic E-state index is 0. The second-order valence-corrected chi connectivity index (χ2v) is 7.31. The molecule has 0 saturated heterocycles. The lowest BCUT2D eigenvalue weighted by atomic mass is 10.0. The van der Waals surface area contributed by atoms with E-state index in [-0.39, 0.29) is 30.0 Å². The number of aliphatic imine (C=N–C) groups is 1. The normalized spacial score (nSPS) is 12.1. The third-order valence-electron chi connectivity index (χ3n) is 5.18. The van der Waals surface area contributed by atoms with Crippen LogP contribution in [0.1, 0.15) is 41.3 Å². The fourth-order valence-corrected chi connectivity index (χ4v) is 3.18. The number of nitrogens with zero attached hydrogens (tertiary/aromatic N) is 4. The van der Waals surface area contributed by atoms with E-state index in [1.54, 1.807) is 7.11 Å². The van der Waals surface area contributed by atoms with Gasteiger partial charge in [-0.3, -0.25) is 0 Å². The highest BCUT2D eigenvalue weighted by molar-refractivity contribution is 14.0. The van der Waals surface area contributed by atoms with Gasteiger partial charge >= 0.3 is 0 Å². The van der Waals surface area contributed by atoms with Crippen molar-refractivity contribution in [1.29, 1.82) is 0 Å². The van der Waals surface area contributed by atoms with Gasteiger partial charge in [-0.2, -0.15) is 0 Å². The monoisotopic (exact) mass is 534 g/mol. The highest BCUT2D eigenvalue weighted by Crippen LogP contribution is 2.17. The van der Waals surface area contributed by atoms with Gasteiger partial charge in [-0.15, -0.1) is 34.2 Å². The second kappa shape index (κ2) is 11.7. The number of aryl methyl sites for hydroxylation is 2. The zero-order chi connectivity index (χ0) is 21.5. The molecule has 1 atom stereocenters. The van der Waals surface area contributed by atoms with Crippen molar-refractivity contribution in [1.82, 2.24) is 25.4 Å². The quantitative estimate of drug-likeness (QED) is 0.272. The van der Waals surface area contributed by atoms with Gasteiger partial charge in [0.25, 0.3) is 0 Å². The maximum Gasteiger partial charge on any atom is 0.192 e. The Morgan fingerprint density at radius 3 is 2.42 bits per heavy atom. The fraction of sp³-hybridized carbons (Fsp3) is 0.348. The number of methoxy groups -OCH3 is 1. The summed E-state index contributed by atoms with van der Waals surface area (Å²) in [5.41, 5.74) is 3.59. The number of halogens is 1. The number of rotatable bonds is 7. The van der Waals surface area contributed by atoms with Crippen molar-refractivity contribution < 1.29 is 4.74 Å². The molecule has 1 heterocycles. The molecule has 2 N–H and O–H groups in total. The van der Waals surface area contributed by atoms with Crippen molar-refractivity contribution in [3.8, 4) is 5.75 Å². The lowest BCUT2D eigenvalue weighted by Crippen LogP contribution is -2.39. The summed E-state index contributed by atoms with van der Waals surface area (Å²) in [6.07, 6.45) is 0. The van der Waals surface area contributed by atoms with Crippen LogP contribution >= 0.6 is 24.0 Å². The molecular weight excluding hydrogens is 503 g/mol. The molecule has 0 bridgehead atoms. The Hall–Kier alpha value is -2.62. The number of hydrogen-bond acceptors (Lipinski definition) is 4. The molecule has 31 heavy (non-hydrogen) atoms. The Balaban J connectivity index is 0.00000341. The van der Waals surface area contributed by atoms with E-state index < -0.39 is 0 Å². The van der Waals surface area contributed by atoms with Gasteiger partial charge in [0.05, 0.1) is 26.2 Å². The average Bonchev–Trinajstić information content (AvgIpc) is 3.08. The third-order valence-corrected chi connectivity index (χ3v) is 5.18. The molecule has 7 nitrogen and oxygen atoms in total. The first-order valence-corrected chi connectivity index (χ1v) is 10.1. The molecular formula is C23H31IN6O. The van der Waals surface area contributed by atoms with Gasteiger partial charge in [0.15, 0.2) is 11.8 Å². The summed E-state index contributed by atoms with van der Waals surface area (Å²) in [7, 11) is 3.63. The molecule has 0 aliphatic heterocycles. The minimum absolute atomic E-state index is 0. The van der Waals surface area contributed by atoms with E-state index in [9.17, 15) is 0 Å². The predicted molar refractivity (Wildman–Crippen MR) is 135 cm³/mol. The van der Waals surface area contributed by atoms with E-state index in [0.29, 0.717) is 13.1 Å². The van der Waals surface area contributed by atoms with Gasteiger partial charge in [0, 0.05) is 7.05 Å². The van der Waals surface area contributed by atoms with Gasteiger partial charge in [0.1, 0.15) is 11.6 Å². The van der Waals surface area contributed by atoms with Crippen LogP contribution in [-0.4, -0.2) is 27.8 Å². The highest BCUT2D eigenvalue weighted by atomic mass is 127. The Bertz CT molecular complexity index is 1000. The van der Waals surface area contributed by atoms with E-state index in [2.05, 4.69) is 58.9 Å². The molecule has 166 valence electrons. The zero-order valence-electron chi connectivity index (χ0n) is 18.7. The smallest absolute Gasteiger partial charge is 0.192 e. The summed E-state index contributed by atoms with van der Waals surface area (Å²) in [4.78, 5) is 4.79. The van der Waals surface area contributed by atoms with Crippen LogP contribution in [0, 0.1) is 13.8 Å². The summed E-state index contributed by atoms with van der Waals surface area (Å²) in [6.45, 7) is 7.29. The first-order chi connectivity index (χ1) is 14.5. The SMILES string of the molecule is COc1ccc(CN=C(NCc2nnc(C)n2C)NC(C)c2ccccc2C)cc1.I. The molecule has 0 aliphatic carbocycles. The molecule has 8 heteroatoms. The van der Waals surface area contributed by atoms with Crippen molar-refractivity contribution in [2.75, 3.05) is 7.11 Å². The van der Waals surface area contributed by atoms with Crippen LogP contribution in [0.15, 0.2) is 53.5 Å². The van der Waals surface area contributed by atoms with Crippen molar-refractivity contribution in [3.05, 3.63) is 76.9 Å². The Morgan fingerprint density at radius 1 is 1.10 bits per heavy atom. The van der Waals surface area contributed by atoms with Crippen LogP contribution in [0.25, 0.3) is 0 Å². The predicted octanol–water partition coefficient (Wildman–Crippen LogP) is 4.06. The van der Waals surface area contributed by atoms with Crippen LogP contribution in [-0.2, 0) is 20.1 Å². The van der Waals surface area contributed by atoms with Crippen LogP contribution in [0.2, 0.25) is 0 Å². The molecule has 1 unspecified atom stereocenters. The summed E-state index contributed by atoms with van der Waals surface area (Å²) < 4.78 is 7.20. The Morgan fingerprint density at radius 2 is 1.81 bits per heavy atom. The van der Waals surface area contributed by atoms with E-state index in [1.807, 2.05) is 42.8 Å². The van der Waals surface area contributed by atoms with Crippen molar-refractivity contribution in [2.45, 2.75) is 39.9 Å². The molecule has 3 rings (SSSR count). The Kier molecular flexibility index (Phi) is 9.29. The van der Waals surface area contributed by atoms with Gasteiger partial charge in [-0.1, -0.05) is 36.4 Å². The lowest BCUT2D eigenvalue weighted by molar-refractivity contribution is 0.414. The van der Waals surface area contributed by atoms with E-state index in [0.717, 1.165) is 28.9 Å². The summed E-state index contributed by atoms with van der Waals surface area (Å²) in [5, 5.41) is 15.3. The average molecular weight is 534 g/mol. The van der Waals surface area contributed by atoms with Gasteiger partial charge in [0.2, 0.25) is 0 Å². The Labute approximate surface area is 201 Å². The van der Waals surface area contributed by atoms with Crippen molar-refractivity contribution in [3.63, 3.8) is 0 Å². The van der Waals surface area contributed by atoms with Gasteiger partial charge in [-0.05, 0) is 49.6 Å². The maximum absolute atomic E-state index is 5.23. The standard InChI is InChI=1S/C23H30N6O.HI/c1-16-8-6-7-9-21(16)17(2)26-23(25-15-22-28-27-18(3)29(22)4)24-14-19-10-12-20(30-5)13-11-19;/h6-13,17H,14-15H2,1-5H3,(H2,24,25,26);1H. The minimum Gasteiger partial charge on any atom is -0.497 e. The molecule has 0 saturated carbocycles. The van der Waals surface area contributed by atoms with E-state index in [4.69, 9.17) is 9.73 Å². The maximum atomic E-state index is 5.23. The van der Waals surface area contributed by atoms with Crippen LogP contribution in [0.5, 0.6) is 5.75 Å². The molecule has 2 aromatic carbocycles. The number of hydrogen-bond donors (Lipinski definition) is 2. The van der Waals surface area contributed by atoms with E-state index in [1.165, 1.54) is 11.1 Å². The molecule has 0 amide bonds. The summed E-state index contributed by atoms with van der Waals surface area (Å²) in [5.74, 6) is 3.30. The number of nitrogens with one attached hydrogen (secondary N) is 2. The number of aromatic nitrogens is 3. The number of ether oxygens (including phenoxy) is 1. The molecule has 0 radical (unpaired) electrons. The van der Waals surface area contributed by atoms with Crippen LogP contribution in [0.3, 0.4) is 0 Å². The topological polar surface area (TPSA) is 76.4 Å². The van der Waals surface area contributed by atoms with Crippen molar-refractivity contribution >= 4 is 29.9 Å². The van der Waals surface area contributed by atoms with Crippen LogP contribution < -0.4 is 15.4 Å². The zero-order valence-corrected chi connectivity index (χ0v) is 21.0. The highest BCUT2D eigenvalue weighted by Gasteiger charge is 2.12. The molecule has 0 fully saturated rings. The third kappa shape index (κ3) is 6.68. The molecule has 1 aromatic heterocycles. The van der Waals surface area contributed by atoms with Crippen LogP contribution in [0.4, 0.5) is 0 Å². The molecule has 0 aliphatic rings. The van der Waals surface area contributed by atoms with E-state index >= 15 is 0 Å². The largest absolute Gasteiger partial charge is 0.497 e. The number of guanidine groups is 1. The second-order valence-electron chi connectivity index (χ2n) is 7.31. The fourth-order valence-electron chi connectivity index (χ4n) is 3.18. The number of benzene rings is 2. The molecule has 0 spiro atoms.